The first-order chi connectivity index (χ1) is 8.33. The van der Waals surface area contributed by atoms with Gasteiger partial charge in [0.25, 0.3) is 0 Å². The molecule has 1 nitrogen and oxygen atoms in total. The Morgan fingerprint density at radius 2 is 1.88 bits per heavy atom. The first-order valence-electron chi connectivity index (χ1n) is 5.92. The zero-order valence-electron chi connectivity index (χ0n) is 9.94. The number of nitriles is 1. The van der Waals surface area contributed by atoms with Crippen molar-refractivity contribution in [2.75, 3.05) is 0 Å². The summed E-state index contributed by atoms with van der Waals surface area (Å²) in [5, 5.41) is 8.80. The summed E-state index contributed by atoms with van der Waals surface area (Å²) in [5.41, 5.74) is 2.60. The molecule has 0 saturated carbocycles. The monoisotopic (exact) mass is 241 g/mol. The number of thiophene rings is 1. The van der Waals surface area contributed by atoms with E-state index in [0.29, 0.717) is 0 Å². The summed E-state index contributed by atoms with van der Waals surface area (Å²) in [7, 11) is 0. The highest BCUT2D eigenvalue weighted by Gasteiger charge is 2.02. The molecule has 2 rings (SSSR count). The second-order valence-corrected chi connectivity index (χ2v) is 5.16. The van der Waals surface area contributed by atoms with Crippen molar-refractivity contribution in [3.63, 3.8) is 0 Å². The van der Waals surface area contributed by atoms with E-state index in [0.717, 1.165) is 11.3 Å². The van der Waals surface area contributed by atoms with Gasteiger partial charge in [0.15, 0.2) is 0 Å². The van der Waals surface area contributed by atoms with Gasteiger partial charge in [-0.15, -0.1) is 11.3 Å². The second kappa shape index (κ2) is 5.65. The molecule has 1 aromatic carbocycles. The van der Waals surface area contributed by atoms with Crippen LogP contribution in [0.3, 0.4) is 0 Å². The largest absolute Gasteiger partial charge is 0.192 e. The second-order valence-electron chi connectivity index (χ2n) is 4.08. The van der Waals surface area contributed by atoms with Gasteiger partial charge in [0.1, 0.15) is 10.9 Å². The van der Waals surface area contributed by atoms with Crippen LogP contribution < -0.4 is 0 Å². The van der Waals surface area contributed by atoms with Gasteiger partial charge in [0.2, 0.25) is 0 Å². The summed E-state index contributed by atoms with van der Waals surface area (Å²) in [6.45, 7) is 2.21. The molecule has 0 fully saturated rings. The van der Waals surface area contributed by atoms with Gasteiger partial charge in [-0.3, -0.25) is 0 Å². The predicted molar refractivity (Wildman–Crippen MR) is 73.1 cm³/mol. The molecular weight excluding hydrogens is 226 g/mol. The van der Waals surface area contributed by atoms with E-state index in [4.69, 9.17) is 5.26 Å². The third-order valence-electron chi connectivity index (χ3n) is 2.77. The van der Waals surface area contributed by atoms with Crippen LogP contribution in [-0.4, -0.2) is 0 Å². The molecule has 2 heteroatoms. The van der Waals surface area contributed by atoms with Crippen LogP contribution in [0.15, 0.2) is 36.4 Å². The summed E-state index contributed by atoms with van der Waals surface area (Å²) in [6.07, 6.45) is 3.64. The molecule has 0 unspecified atom stereocenters. The van der Waals surface area contributed by atoms with Gasteiger partial charge < -0.3 is 0 Å². The van der Waals surface area contributed by atoms with E-state index < -0.39 is 0 Å². The summed E-state index contributed by atoms with van der Waals surface area (Å²) >= 11 is 1.55. The number of nitrogens with zero attached hydrogens (tertiary/aromatic N) is 1. The van der Waals surface area contributed by atoms with Gasteiger partial charge in [-0.05, 0) is 36.1 Å². The van der Waals surface area contributed by atoms with Crippen LogP contribution in [-0.2, 0) is 6.42 Å². The van der Waals surface area contributed by atoms with Gasteiger partial charge >= 0.3 is 0 Å². The van der Waals surface area contributed by atoms with Crippen LogP contribution in [0.25, 0.3) is 10.4 Å². The van der Waals surface area contributed by atoms with Gasteiger partial charge in [-0.25, -0.2) is 0 Å². The third kappa shape index (κ3) is 2.95. The highest BCUT2D eigenvalue weighted by atomic mass is 32.1. The Balaban J connectivity index is 2.15. The topological polar surface area (TPSA) is 23.8 Å². The number of hydrogen-bond donors (Lipinski definition) is 0. The van der Waals surface area contributed by atoms with E-state index in [2.05, 4.69) is 37.3 Å². The molecule has 0 spiro atoms. The molecule has 1 heterocycles. The molecular formula is C15H15NS. The Bertz CT molecular complexity index is 517. The van der Waals surface area contributed by atoms with E-state index in [1.807, 2.05) is 12.1 Å². The first kappa shape index (κ1) is 11.9. The molecule has 0 aliphatic heterocycles. The van der Waals surface area contributed by atoms with E-state index >= 15 is 0 Å². The van der Waals surface area contributed by atoms with E-state index in [1.165, 1.54) is 28.8 Å². The minimum Gasteiger partial charge on any atom is -0.192 e. The fraction of sp³-hybridized carbons (Fsp3) is 0.267. The lowest BCUT2D eigenvalue weighted by Gasteiger charge is -2.01. The standard InChI is InChI=1S/C15H15NS/c1-2-3-4-12-5-7-13(8-6-12)15-10-9-14(11-16)17-15/h5-10H,2-4H2,1H3. The summed E-state index contributed by atoms with van der Waals surface area (Å²) in [4.78, 5) is 1.94. The highest BCUT2D eigenvalue weighted by Crippen LogP contribution is 2.27. The third-order valence-corrected chi connectivity index (χ3v) is 3.81. The normalized spacial score (nSPS) is 10.1. The quantitative estimate of drug-likeness (QED) is 0.765. The lowest BCUT2D eigenvalue weighted by atomic mass is 10.1. The van der Waals surface area contributed by atoms with Crippen molar-refractivity contribution in [1.82, 2.24) is 0 Å². The summed E-state index contributed by atoms with van der Waals surface area (Å²) in [5.74, 6) is 0. The molecule has 17 heavy (non-hydrogen) atoms. The number of aryl methyl sites for hydroxylation is 1. The minimum atomic E-state index is 0.773. The Morgan fingerprint density at radius 3 is 2.47 bits per heavy atom. The summed E-state index contributed by atoms with van der Waals surface area (Å²) < 4.78 is 0. The lowest BCUT2D eigenvalue weighted by molar-refractivity contribution is 0.795. The van der Waals surface area contributed by atoms with Crippen LogP contribution in [0.2, 0.25) is 0 Å². The van der Waals surface area contributed by atoms with Crippen molar-refractivity contribution in [3.05, 3.63) is 46.8 Å². The predicted octanol–water partition coefficient (Wildman–Crippen LogP) is 4.63. The van der Waals surface area contributed by atoms with Crippen molar-refractivity contribution in [1.29, 1.82) is 5.26 Å². The average Bonchev–Trinajstić information content (AvgIpc) is 2.86. The maximum Gasteiger partial charge on any atom is 0.110 e. The molecule has 0 bridgehead atoms. The van der Waals surface area contributed by atoms with Crippen molar-refractivity contribution in [2.24, 2.45) is 0 Å². The molecule has 86 valence electrons. The summed E-state index contributed by atoms with van der Waals surface area (Å²) in [6, 6.07) is 14.8. The molecule has 0 radical (unpaired) electrons. The zero-order chi connectivity index (χ0) is 12.1. The van der Waals surface area contributed by atoms with E-state index in [9.17, 15) is 0 Å². The van der Waals surface area contributed by atoms with Gasteiger partial charge in [0, 0.05) is 4.88 Å². The maximum atomic E-state index is 8.80. The smallest absolute Gasteiger partial charge is 0.110 e. The van der Waals surface area contributed by atoms with E-state index in [-0.39, 0.29) is 0 Å². The zero-order valence-corrected chi connectivity index (χ0v) is 10.8. The molecule has 0 aliphatic rings. The van der Waals surface area contributed by atoms with Crippen molar-refractivity contribution >= 4 is 11.3 Å². The highest BCUT2D eigenvalue weighted by molar-refractivity contribution is 7.16. The van der Waals surface area contributed by atoms with Crippen molar-refractivity contribution < 1.29 is 0 Å². The van der Waals surface area contributed by atoms with Crippen molar-refractivity contribution in [3.8, 4) is 16.5 Å². The molecule has 2 aromatic rings. The molecule has 0 N–H and O–H groups in total. The fourth-order valence-corrected chi connectivity index (χ4v) is 2.58. The van der Waals surface area contributed by atoms with Crippen LogP contribution >= 0.6 is 11.3 Å². The lowest BCUT2D eigenvalue weighted by Crippen LogP contribution is -1.83. The Morgan fingerprint density at radius 1 is 1.12 bits per heavy atom. The van der Waals surface area contributed by atoms with E-state index in [1.54, 1.807) is 11.3 Å². The van der Waals surface area contributed by atoms with Gasteiger partial charge in [-0.1, -0.05) is 37.6 Å². The molecule has 0 atom stereocenters. The Labute approximate surface area is 106 Å². The molecule has 0 aliphatic carbocycles. The molecule has 0 amide bonds. The van der Waals surface area contributed by atoms with Crippen LogP contribution in [0.1, 0.15) is 30.2 Å². The van der Waals surface area contributed by atoms with Gasteiger partial charge in [0.05, 0.1) is 0 Å². The fourth-order valence-electron chi connectivity index (χ4n) is 1.77. The van der Waals surface area contributed by atoms with Crippen molar-refractivity contribution in [2.45, 2.75) is 26.2 Å². The molecule has 0 saturated heterocycles. The number of unbranched alkanes of at least 4 members (excludes halogenated alkanes) is 1. The SMILES string of the molecule is CCCCc1ccc(-c2ccc(C#N)s2)cc1. The molecule has 1 aromatic heterocycles. The first-order valence-corrected chi connectivity index (χ1v) is 6.74. The van der Waals surface area contributed by atoms with Crippen LogP contribution in [0.4, 0.5) is 0 Å². The number of rotatable bonds is 4. The number of benzene rings is 1. The minimum absolute atomic E-state index is 0.773. The Hall–Kier alpha value is -1.59. The average molecular weight is 241 g/mol. The maximum absolute atomic E-state index is 8.80. The van der Waals surface area contributed by atoms with Gasteiger partial charge in [-0.2, -0.15) is 5.26 Å². The number of hydrogen-bond acceptors (Lipinski definition) is 2. The van der Waals surface area contributed by atoms with Crippen LogP contribution in [0.5, 0.6) is 0 Å². The van der Waals surface area contributed by atoms with Crippen LogP contribution in [0, 0.1) is 11.3 Å². The Kier molecular flexibility index (Phi) is 3.95.